The number of alkyl halides is 1. The molecule has 0 spiro atoms. The van der Waals surface area contributed by atoms with Crippen molar-refractivity contribution in [2.75, 3.05) is 6.67 Å². The third kappa shape index (κ3) is 4.77. The zero-order chi connectivity index (χ0) is 12.6. The maximum absolute atomic E-state index is 11.8. The molecular weight excluding hydrogens is 207 g/mol. The van der Waals surface area contributed by atoms with Gasteiger partial charge >= 0.3 is 0 Å². The van der Waals surface area contributed by atoms with Gasteiger partial charge in [-0.15, -0.1) is 0 Å². The number of hydrogen-bond donors (Lipinski definition) is 1. The average Bonchev–Trinajstić information content (AvgIpc) is 2.28. The molecule has 0 saturated carbocycles. The number of halogens is 1. The molecule has 94 valence electrons. The van der Waals surface area contributed by atoms with Crippen LogP contribution in [0.1, 0.15) is 52.9 Å². The maximum Gasteiger partial charge on any atom is 0.159 e. The van der Waals surface area contributed by atoms with Gasteiger partial charge < -0.3 is 5.11 Å². The lowest BCUT2D eigenvalue weighted by atomic mass is 9.82. The molecule has 0 fully saturated rings. The first kappa shape index (κ1) is 15.1. The Morgan fingerprint density at radius 1 is 1.31 bits per heavy atom. The van der Waals surface area contributed by atoms with Crippen LogP contribution in [0.5, 0.6) is 0 Å². The quantitative estimate of drug-likeness (QED) is 0.389. The molecular formula is C13H23FO2. The summed E-state index contributed by atoms with van der Waals surface area (Å²) in [4.78, 5) is 11.4. The van der Waals surface area contributed by atoms with Gasteiger partial charge in [-0.25, -0.2) is 0 Å². The number of aliphatic hydroxyl groups excluding tert-OH is 1. The van der Waals surface area contributed by atoms with E-state index in [0.29, 0.717) is 19.3 Å². The van der Waals surface area contributed by atoms with E-state index in [1.54, 1.807) is 0 Å². The number of carbonyl (C=O) groups is 1. The number of hydrogen-bond acceptors (Lipinski definition) is 2. The molecule has 0 atom stereocenters. The van der Waals surface area contributed by atoms with Gasteiger partial charge in [-0.2, -0.15) is 0 Å². The van der Waals surface area contributed by atoms with Gasteiger partial charge in [0.15, 0.2) is 5.78 Å². The van der Waals surface area contributed by atoms with E-state index >= 15 is 0 Å². The Kier molecular flexibility index (Phi) is 7.02. The SMILES string of the molecule is CCC(C)(CC)/C(O)=C/C(=O)CCCCF. The smallest absolute Gasteiger partial charge is 0.159 e. The highest BCUT2D eigenvalue weighted by atomic mass is 19.1. The van der Waals surface area contributed by atoms with Gasteiger partial charge in [0.05, 0.1) is 6.67 Å². The Labute approximate surface area is 97.6 Å². The first-order valence-electron chi connectivity index (χ1n) is 6.00. The van der Waals surface area contributed by atoms with E-state index in [1.165, 1.54) is 6.08 Å². The Hall–Kier alpha value is -0.860. The van der Waals surface area contributed by atoms with Crippen molar-refractivity contribution in [2.24, 2.45) is 5.41 Å². The second-order valence-corrected chi connectivity index (χ2v) is 4.41. The highest BCUT2D eigenvalue weighted by Crippen LogP contribution is 2.32. The van der Waals surface area contributed by atoms with Crippen LogP contribution in [0.25, 0.3) is 0 Å². The second kappa shape index (κ2) is 7.42. The van der Waals surface area contributed by atoms with E-state index in [4.69, 9.17) is 0 Å². The molecule has 0 aromatic rings. The van der Waals surface area contributed by atoms with Crippen molar-refractivity contribution >= 4 is 5.78 Å². The Balaban J connectivity index is 4.34. The molecule has 0 bridgehead atoms. The molecule has 16 heavy (non-hydrogen) atoms. The summed E-state index contributed by atoms with van der Waals surface area (Å²) in [7, 11) is 0. The number of carbonyl (C=O) groups excluding carboxylic acids is 1. The summed E-state index contributed by atoms with van der Waals surface area (Å²) in [5, 5.41) is 9.86. The third-order valence-electron chi connectivity index (χ3n) is 3.28. The van der Waals surface area contributed by atoms with Crippen molar-refractivity contribution in [3.05, 3.63) is 11.8 Å². The normalized spacial score (nSPS) is 12.9. The Morgan fingerprint density at radius 2 is 1.88 bits per heavy atom. The van der Waals surface area contributed by atoms with Gasteiger partial charge in [-0.3, -0.25) is 9.18 Å². The minimum absolute atomic E-state index is 0.112. The van der Waals surface area contributed by atoms with Crippen molar-refractivity contribution in [2.45, 2.75) is 52.9 Å². The zero-order valence-electron chi connectivity index (χ0n) is 10.6. The van der Waals surface area contributed by atoms with E-state index in [-0.39, 0.29) is 23.6 Å². The van der Waals surface area contributed by atoms with E-state index in [9.17, 15) is 14.3 Å². The van der Waals surface area contributed by atoms with Gasteiger partial charge in [0, 0.05) is 17.9 Å². The van der Waals surface area contributed by atoms with E-state index in [0.717, 1.165) is 12.8 Å². The standard InChI is InChI=1S/C13H23FO2/c1-4-13(3,5-2)12(16)10-11(15)8-6-7-9-14/h10,16H,4-9H2,1-3H3/b12-10-. The first-order valence-corrected chi connectivity index (χ1v) is 6.00. The highest BCUT2D eigenvalue weighted by Gasteiger charge is 2.25. The van der Waals surface area contributed by atoms with Gasteiger partial charge in [-0.1, -0.05) is 20.8 Å². The van der Waals surface area contributed by atoms with Crippen LogP contribution in [0.15, 0.2) is 11.8 Å². The molecule has 0 aliphatic rings. The monoisotopic (exact) mass is 230 g/mol. The molecule has 0 rings (SSSR count). The largest absolute Gasteiger partial charge is 0.512 e. The van der Waals surface area contributed by atoms with Crippen LogP contribution in [-0.4, -0.2) is 17.6 Å². The summed E-state index contributed by atoms with van der Waals surface area (Å²) in [6.07, 6.45) is 4.18. The minimum Gasteiger partial charge on any atom is -0.512 e. The van der Waals surface area contributed by atoms with Gasteiger partial charge in [-0.05, 0) is 25.7 Å². The number of ketones is 1. The van der Waals surface area contributed by atoms with Crippen LogP contribution in [0.4, 0.5) is 4.39 Å². The molecule has 0 heterocycles. The summed E-state index contributed by atoms with van der Waals surface area (Å²) >= 11 is 0. The van der Waals surface area contributed by atoms with Crippen molar-refractivity contribution in [3.8, 4) is 0 Å². The van der Waals surface area contributed by atoms with Crippen LogP contribution in [0.3, 0.4) is 0 Å². The molecule has 0 aliphatic heterocycles. The number of rotatable bonds is 8. The average molecular weight is 230 g/mol. The zero-order valence-corrected chi connectivity index (χ0v) is 10.6. The van der Waals surface area contributed by atoms with E-state index in [2.05, 4.69) is 0 Å². The molecule has 0 unspecified atom stereocenters. The molecule has 0 radical (unpaired) electrons. The summed E-state index contributed by atoms with van der Waals surface area (Å²) in [5.74, 6) is 0.0434. The lowest BCUT2D eigenvalue weighted by Crippen LogP contribution is -2.18. The fraction of sp³-hybridized carbons (Fsp3) is 0.769. The number of unbranched alkanes of at least 4 members (excludes halogenated alkanes) is 1. The highest BCUT2D eigenvalue weighted by molar-refractivity contribution is 5.90. The van der Waals surface area contributed by atoms with Crippen molar-refractivity contribution in [1.82, 2.24) is 0 Å². The van der Waals surface area contributed by atoms with E-state index < -0.39 is 0 Å². The second-order valence-electron chi connectivity index (χ2n) is 4.41. The summed E-state index contributed by atoms with van der Waals surface area (Å²) < 4.78 is 11.8. The predicted octanol–water partition coefficient (Wildman–Crippen LogP) is 3.96. The first-order chi connectivity index (χ1) is 7.50. The topological polar surface area (TPSA) is 37.3 Å². The molecule has 0 amide bonds. The van der Waals surface area contributed by atoms with Crippen LogP contribution in [-0.2, 0) is 4.79 Å². The molecule has 0 aromatic carbocycles. The number of aliphatic hydroxyl groups is 1. The van der Waals surface area contributed by atoms with Crippen LogP contribution < -0.4 is 0 Å². The minimum atomic E-state index is -0.384. The summed E-state index contributed by atoms with van der Waals surface area (Å²) in [6.45, 7) is 5.53. The molecule has 0 aliphatic carbocycles. The molecule has 2 nitrogen and oxygen atoms in total. The lowest BCUT2D eigenvalue weighted by molar-refractivity contribution is -0.115. The van der Waals surface area contributed by atoms with Crippen molar-refractivity contribution in [1.29, 1.82) is 0 Å². The third-order valence-corrected chi connectivity index (χ3v) is 3.28. The van der Waals surface area contributed by atoms with Crippen LogP contribution in [0.2, 0.25) is 0 Å². The maximum atomic E-state index is 11.8. The van der Waals surface area contributed by atoms with Crippen molar-refractivity contribution in [3.63, 3.8) is 0 Å². The van der Waals surface area contributed by atoms with Crippen LogP contribution >= 0.6 is 0 Å². The number of allylic oxidation sites excluding steroid dienone is 2. The summed E-state index contributed by atoms with van der Waals surface area (Å²) in [5.41, 5.74) is -0.310. The fourth-order valence-corrected chi connectivity index (χ4v) is 1.40. The van der Waals surface area contributed by atoms with Crippen LogP contribution in [0, 0.1) is 5.41 Å². The lowest BCUT2D eigenvalue weighted by Gasteiger charge is -2.25. The fourth-order valence-electron chi connectivity index (χ4n) is 1.40. The summed E-state index contributed by atoms with van der Waals surface area (Å²) in [6, 6.07) is 0. The molecule has 0 aromatic heterocycles. The Morgan fingerprint density at radius 3 is 2.31 bits per heavy atom. The van der Waals surface area contributed by atoms with Gasteiger partial charge in [0.2, 0.25) is 0 Å². The Bertz CT molecular complexity index is 242. The van der Waals surface area contributed by atoms with Crippen molar-refractivity contribution < 1.29 is 14.3 Å². The van der Waals surface area contributed by atoms with Gasteiger partial charge in [0.1, 0.15) is 5.76 Å². The van der Waals surface area contributed by atoms with E-state index in [1.807, 2.05) is 20.8 Å². The van der Waals surface area contributed by atoms with Gasteiger partial charge in [0.25, 0.3) is 0 Å². The predicted molar refractivity (Wildman–Crippen MR) is 64.2 cm³/mol. The molecule has 0 saturated heterocycles. The molecule has 1 N–H and O–H groups in total. The molecule has 3 heteroatoms.